The van der Waals surface area contributed by atoms with Gasteiger partial charge in [0.1, 0.15) is 0 Å². The Balaban J connectivity index is 1.55. The van der Waals surface area contributed by atoms with Gasteiger partial charge in [0, 0.05) is 62.2 Å². The Morgan fingerprint density at radius 3 is 2.82 bits per heavy atom. The minimum Gasteiger partial charge on any atom is -0.352 e. The Morgan fingerprint density at radius 1 is 1.32 bits per heavy atom. The molecule has 1 aliphatic rings. The third-order valence-electron chi connectivity index (χ3n) is 5.51. The van der Waals surface area contributed by atoms with E-state index in [0.717, 1.165) is 29.2 Å². The quantitative estimate of drug-likeness (QED) is 0.793. The van der Waals surface area contributed by atoms with E-state index in [2.05, 4.69) is 22.3 Å². The summed E-state index contributed by atoms with van der Waals surface area (Å²) < 4.78 is 1.95. The zero-order valence-corrected chi connectivity index (χ0v) is 16.9. The topological polar surface area (TPSA) is 80.1 Å². The first-order valence-corrected chi connectivity index (χ1v) is 9.97. The molecule has 0 bridgehead atoms. The third-order valence-corrected chi connectivity index (χ3v) is 5.51. The highest BCUT2D eigenvalue weighted by molar-refractivity contribution is 5.83. The predicted octanol–water partition coefficient (Wildman–Crippen LogP) is 2.01. The van der Waals surface area contributed by atoms with Gasteiger partial charge in [0.25, 0.3) is 0 Å². The van der Waals surface area contributed by atoms with Crippen molar-refractivity contribution >= 4 is 11.8 Å². The van der Waals surface area contributed by atoms with Crippen LogP contribution in [0.1, 0.15) is 42.4 Å². The van der Waals surface area contributed by atoms with Gasteiger partial charge in [0.2, 0.25) is 11.8 Å². The molecule has 28 heavy (non-hydrogen) atoms. The van der Waals surface area contributed by atoms with Crippen molar-refractivity contribution < 1.29 is 9.59 Å². The summed E-state index contributed by atoms with van der Waals surface area (Å²) in [4.78, 5) is 31.1. The van der Waals surface area contributed by atoms with Crippen LogP contribution in [0.3, 0.4) is 0 Å². The van der Waals surface area contributed by atoms with E-state index in [9.17, 15) is 9.59 Å². The minimum atomic E-state index is -0.164. The van der Waals surface area contributed by atoms with E-state index in [1.807, 2.05) is 36.7 Å². The van der Waals surface area contributed by atoms with E-state index < -0.39 is 0 Å². The number of carbonyl (C=O) groups is 2. The zero-order valence-electron chi connectivity index (χ0n) is 16.9. The molecule has 1 aliphatic heterocycles. The molecular weight excluding hydrogens is 354 g/mol. The minimum absolute atomic E-state index is 0.0124. The summed E-state index contributed by atoms with van der Waals surface area (Å²) in [5, 5.41) is 7.56. The lowest BCUT2D eigenvalue weighted by Crippen LogP contribution is -2.46. The fourth-order valence-electron chi connectivity index (χ4n) is 3.76. The summed E-state index contributed by atoms with van der Waals surface area (Å²) in [6.45, 7) is 8.43. The third kappa shape index (κ3) is 4.58. The molecule has 150 valence electrons. The van der Waals surface area contributed by atoms with E-state index >= 15 is 0 Å². The lowest BCUT2D eigenvalue weighted by atomic mass is 9.96. The highest BCUT2D eigenvalue weighted by Gasteiger charge is 2.30. The van der Waals surface area contributed by atoms with Crippen LogP contribution in [0.5, 0.6) is 0 Å². The van der Waals surface area contributed by atoms with Crippen LogP contribution in [-0.2, 0) is 29.1 Å². The molecule has 3 rings (SSSR count). The molecule has 0 spiro atoms. The number of pyridine rings is 1. The summed E-state index contributed by atoms with van der Waals surface area (Å²) in [5.41, 5.74) is 4.08. The standard InChI is InChI=1S/C21H29N5O2/c1-4-26-16(3)19(15(2)24-26)13-23-21(28)17-8-9-20(27)25(14-17)12-10-18-7-5-6-11-22-18/h5-7,11,17H,4,8-10,12-14H2,1-3H3,(H,23,28)/t17-/m1/s1. The SMILES string of the molecule is CCn1nc(C)c(CNC(=O)[C@@H]2CCC(=O)N(CCc3ccccn3)C2)c1C. The van der Waals surface area contributed by atoms with Crippen LogP contribution in [0.25, 0.3) is 0 Å². The first kappa shape index (κ1) is 20.0. The van der Waals surface area contributed by atoms with Crippen molar-refractivity contribution in [3.8, 4) is 0 Å². The summed E-state index contributed by atoms with van der Waals surface area (Å²) >= 11 is 0. The fraction of sp³-hybridized carbons (Fsp3) is 0.524. The molecule has 1 fully saturated rings. The Hall–Kier alpha value is -2.70. The second kappa shape index (κ2) is 8.99. The first-order chi connectivity index (χ1) is 13.5. The van der Waals surface area contributed by atoms with E-state index in [0.29, 0.717) is 38.9 Å². The average Bonchev–Trinajstić information content (AvgIpc) is 2.99. The number of nitrogens with one attached hydrogen (secondary N) is 1. The van der Waals surface area contributed by atoms with Gasteiger partial charge < -0.3 is 10.2 Å². The Labute approximate surface area is 166 Å². The molecule has 3 heterocycles. The average molecular weight is 383 g/mol. The first-order valence-electron chi connectivity index (χ1n) is 9.97. The normalized spacial score (nSPS) is 17.0. The number of rotatable bonds is 7. The maximum Gasteiger partial charge on any atom is 0.225 e. The van der Waals surface area contributed by atoms with Gasteiger partial charge in [0.15, 0.2) is 0 Å². The van der Waals surface area contributed by atoms with Gasteiger partial charge in [-0.25, -0.2) is 0 Å². The number of aromatic nitrogens is 3. The van der Waals surface area contributed by atoms with E-state index in [4.69, 9.17) is 0 Å². The molecule has 0 radical (unpaired) electrons. The van der Waals surface area contributed by atoms with Gasteiger partial charge in [-0.3, -0.25) is 19.3 Å². The van der Waals surface area contributed by atoms with Crippen molar-refractivity contribution in [3.05, 3.63) is 47.0 Å². The molecule has 7 heteroatoms. The summed E-state index contributed by atoms with van der Waals surface area (Å²) in [6, 6.07) is 5.78. The Kier molecular flexibility index (Phi) is 6.44. The lowest BCUT2D eigenvalue weighted by Gasteiger charge is -2.32. The molecule has 0 unspecified atom stereocenters. The highest BCUT2D eigenvalue weighted by Crippen LogP contribution is 2.19. The van der Waals surface area contributed by atoms with Crippen molar-refractivity contribution in [2.45, 2.75) is 53.1 Å². The maximum atomic E-state index is 12.7. The van der Waals surface area contributed by atoms with Crippen molar-refractivity contribution in [2.24, 2.45) is 5.92 Å². The van der Waals surface area contributed by atoms with E-state index in [1.54, 1.807) is 11.1 Å². The van der Waals surface area contributed by atoms with Gasteiger partial charge in [-0.15, -0.1) is 0 Å². The largest absolute Gasteiger partial charge is 0.352 e. The van der Waals surface area contributed by atoms with Crippen LogP contribution < -0.4 is 5.32 Å². The van der Waals surface area contributed by atoms with Gasteiger partial charge in [-0.1, -0.05) is 6.07 Å². The number of piperidine rings is 1. The van der Waals surface area contributed by atoms with Crippen molar-refractivity contribution in [2.75, 3.05) is 13.1 Å². The summed E-state index contributed by atoms with van der Waals surface area (Å²) in [5.74, 6) is -0.0301. The molecule has 2 aromatic rings. The van der Waals surface area contributed by atoms with Crippen molar-refractivity contribution in [1.29, 1.82) is 0 Å². The van der Waals surface area contributed by atoms with Gasteiger partial charge in [-0.05, 0) is 39.3 Å². The Bertz CT molecular complexity index is 831. The van der Waals surface area contributed by atoms with Crippen LogP contribution in [0, 0.1) is 19.8 Å². The zero-order chi connectivity index (χ0) is 20.1. The van der Waals surface area contributed by atoms with Gasteiger partial charge in [0.05, 0.1) is 11.6 Å². The molecule has 0 aliphatic carbocycles. The number of amides is 2. The maximum absolute atomic E-state index is 12.7. The molecule has 2 aromatic heterocycles. The fourth-order valence-corrected chi connectivity index (χ4v) is 3.76. The Morgan fingerprint density at radius 2 is 2.14 bits per heavy atom. The second-order valence-electron chi connectivity index (χ2n) is 7.33. The number of hydrogen-bond donors (Lipinski definition) is 1. The van der Waals surface area contributed by atoms with Crippen molar-refractivity contribution in [3.63, 3.8) is 0 Å². The monoisotopic (exact) mass is 383 g/mol. The molecule has 2 amide bonds. The van der Waals surface area contributed by atoms with Gasteiger partial charge >= 0.3 is 0 Å². The smallest absolute Gasteiger partial charge is 0.225 e. The predicted molar refractivity (Wildman–Crippen MR) is 106 cm³/mol. The van der Waals surface area contributed by atoms with Crippen molar-refractivity contribution in [1.82, 2.24) is 25.0 Å². The number of likely N-dealkylation sites (tertiary alicyclic amines) is 1. The number of carbonyl (C=O) groups excluding carboxylic acids is 2. The van der Waals surface area contributed by atoms with Gasteiger partial charge in [-0.2, -0.15) is 5.10 Å². The van der Waals surface area contributed by atoms with Crippen LogP contribution in [-0.4, -0.2) is 44.6 Å². The molecule has 0 saturated carbocycles. The summed E-state index contributed by atoms with van der Waals surface area (Å²) in [7, 11) is 0. The number of nitrogens with zero attached hydrogens (tertiary/aromatic N) is 4. The lowest BCUT2D eigenvalue weighted by molar-refractivity contribution is -0.138. The van der Waals surface area contributed by atoms with E-state index in [-0.39, 0.29) is 17.7 Å². The number of aryl methyl sites for hydroxylation is 2. The molecule has 1 N–H and O–H groups in total. The molecule has 1 atom stereocenters. The van der Waals surface area contributed by atoms with Crippen LogP contribution in [0.15, 0.2) is 24.4 Å². The molecular formula is C21H29N5O2. The molecule has 7 nitrogen and oxygen atoms in total. The molecule has 1 saturated heterocycles. The highest BCUT2D eigenvalue weighted by atomic mass is 16.2. The molecule has 0 aromatic carbocycles. The van der Waals surface area contributed by atoms with Crippen LogP contribution >= 0.6 is 0 Å². The summed E-state index contributed by atoms with van der Waals surface area (Å²) in [6.07, 6.45) is 3.49. The van der Waals surface area contributed by atoms with E-state index in [1.165, 1.54) is 0 Å². The van der Waals surface area contributed by atoms with Crippen LogP contribution in [0.4, 0.5) is 0 Å². The van der Waals surface area contributed by atoms with Crippen LogP contribution in [0.2, 0.25) is 0 Å². The second-order valence-corrected chi connectivity index (χ2v) is 7.33. The number of hydrogen-bond acceptors (Lipinski definition) is 4.